The van der Waals surface area contributed by atoms with Crippen molar-refractivity contribution in [3.05, 3.63) is 20.8 Å². The van der Waals surface area contributed by atoms with Gasteiger partial charge in [-0.15, -0.1) is 11.3 Å². The van der Waals surface area contributed by atoms with Gasteiger partial charge in [0.15, 0.2) is 5.78 Å². The Bertz CT molecular complexity index is 322. The second-order valence-electron chi connectivity index (χ2n) is 3.87. The second kappa shape index (κ2) is 6.40. The maximum absolute atomic E-state index is 11.7. The van der Waals surface area contributed by atoms with Crippen molar-refractivity contribution in [2.75, 3.05) is 13.1 Å². The summed E-state index contributed by atoms with van der Waals surface area (Å²) in [6, 6.07) is 1.92. The summed E-state index contributed by atoms with van der Waals surface area (Å²) >= 11 is 4.87. The summed E-state index contributed by atoms with van der Waals surface area (Å²) in [5, 5.41) is 5.20. The smallest absolute Gasteiger partial charge is 0.175 e. The van der Waals surface area contributed by atoms with Gasteiger partial charge in [0.1, 0.15) is 0 Å². The van der Waals surface area contributed by atoms with Crippen LogP contribution in [0.3, 0.4) is 0 Å². The topological polar surface area (TPSA) is 29.1 Å². The lowest BCUT2D eigenvalue weighted by molar-refractivity contribution is 0.0985. The molecule has 1 N–H and O–H groups in total. The van der Waals surface area contributed by atoms with Gasteiger partial charge < -0.3 is 5.32 Å². The molecule has 1 rings (SSSR count). The Morgan fingerprint density at radius 1 is 1.60 bits per heavy atom. The molecule has 0 aliphatic carbocycles. The van der Waals surface area contributed by atoms with Crippen LogP contribution in [0.1, 0.15) is 29.9 Å². The maximum atomic E-state index is 11.7. The van der Waals surface area contributed by atoms with Crippen LogP contribution in [0.25, 0.3) is 0 Å². The first-order valence-electron chi connectivity index (χ1n) is 5.08. The third-order valence-electron chi connectivity index (χ3n) is 1.95. The Morgan fingerprint density at radius 3 is 2.87 bits per heavy atom. The van der Waals surface area contributed by atoms with Gasteiger partial charge >= 0.3 is 0 Å². The van der Waals surface area contributed by atoms with Crippen molar-refractivity contribution in [1.82, 2.24) is 5.32 Å². The van der Waals surface area contributed by atoms with Crippen molar-refractivity contribution >= 4 is 33.0 Å². The second-order valence-corrected chi connectivity index (χ2v) is 5.64. The van der Waals surface area contributed by atoms with E-state index in [4.69, 9.17) is 0 Å². The summed E-state index contributed by atoms with van der Waals surface area (Å²) in [5.41, 5.74) is 0. The van der Waals surface area contributed by atoms with Crippen LogP contribution in [-0.2, 0) is 0 Å². The van der Waals surface area contributed by atoms with Crippen molar-refractivity contribution in [2.24, 2.45) is 5.92 Å². The first-order chi connectivity index (χ1) is 7.11. The minimum absolute atomic E-state index is 0.216. The Morgan fingerprint density at radius 2 is 2.33 bits per heavy atom. The number of rotatable bonds is 6. The van der Waals surface area contributed by atoms with E-state index in [2.05, 4.69) is 35.1 Å². The third kappa shape index (κ3) is 4.45. The number of carbonyl (C=O) groups excluding carboxylic acids is 1. The van der Waals surface area contributed by atoms with Crippen molar-refractivity contribution in [3.8, 4) is 0 Å². The fraction of sp³-hybridized carbons (Fsp3) is 0.545. The van der Waals surface area contributed by atoms with Crippen LogP contribution in [0.15, 0.2) is 15.9 Å². The standard InChI is InChI=1S/C11H16BrNOS/c1-8(2)7-13-5-3-10(14)11-9(12)4-6-15-11/h4,6,8,13H,3,5,7H2,1-2H3. The summed E-state index contributed by atoms with van der Waals surface area (Å²) in [4.78, 5) is 12.5. The molecule has 0 spiro atoms. The number of nitrogens with one attached hydrogen (secondary N) is 1. The molecule has 0 aliphatic rings. The number of hydrogen-bond donors (Lipinski definition) is 1. The van der Waals surface area contributed by atoms with Crippen LogP contribution >= 0.6 is 27.3 Å². The van der Waals surface area contributed by atoms with Gasteiger partial charge in [-0.3, -0.25) is 4.79 Å². The molecule has 84 valence electrons. The largest absolute Gasteiger partial charge is 0.316 e. The van der Waals surface area contributed by atoms with E-state index in [1.165, 1.54) is 11.3 Å². The Hall–Kier alpha value is -0.190. The summed E-state index contributed by atoms with van der Waals surface area (Å²) in [5.74, 6) is 0.849. The number of ketones is 1. The normalized spacial score (nSPS) is 10.9. The predicted octanol–water partition coefficient (Wildman–Crippen LogP) is 3.33. The lowest BCUT2D eigenvalue weighted by atomic mass is 10.2. The molecule has 0 atom stereocenters. The molecule has 1 aromatic heterocycles. The third-order valence-corrected chi connectivity index (χ3v) is 3.83. The minimum atomic E-state index is 0.216. The lowest BCUT2D eigenvalue weighted by Gasteiger charge is -2.06. The predicted molar refractivity (Wildman–Crippen MR) is 68.7 cm³/mol. The quantitative estimate of drug-likeness (QED) is 0.643. The van der Waals surface area contributed by atoms with E-state index in [1.807, 2.05) is 11.4 Å². The van der Waals surface area contributed by atoms with Crippen molar-refractivity contribution in [2.45, 2.75) is 20.3 Å². The molecule has 0 amide bonds. The fourth-order valence-electron chi connectivity index (χ4n) is 1.20. The average molecular weight is 290 g/mol. The van der Waals surface area contributed by atoms with Crippen molar-refractivity contribution in [1.29, 1.82) is 0 Å². The summed E-state index contributed by atoms with van der Waals surface area (Å²) in [7, 11) is 0. The number of hydrogen-bond acceptors (Lipinski definition) is 3. The number of halogens is 1. The molecule has 0 aromatic carbocycles. The Labute approximate surface area is 103 Å². The highest BCUT2D eigenvalue weighted by molar-refractivity contribution is 9.10. The Balaban J connectivity index is 2.28. The molecular weight excluding hydrogens is 274 g/mol. The molecule has 4 heteroatoms. The van der Waals surface area contributed by atoms with Crippen LogP contribution in [0, 0.1) is 5.92 Å². The molecular formula is C11H16BrNOS. The van der Waals surface area contributed by atoms with Crippen LogP contribution in [-0.4, -0.2) is 18.9 Å². The molecule has 0 saturated heterocycles. The molecule has 1 aromatic rings. The van der Waals surface area contributed by atoms with Crippen LogP contribution in [0.5, 0.6) is 0 Å². The first-order valence-corrected chi connectivity index (χ1v) is 6.75. The van der Waals surface area contributed by atoms with Gasteiger partial charge in [-0.1, -0.05) is 13.8 Å². The molecule has 0 fully saturated rings. The number of thiophene rings is 1. The van der Waals surface area contributed by atoms with Crippen LogP contribution in [0.2, 0.25) is 0 Å². The molecule has 0 aliphatic heterocycles. The number of carbonyl (C=O) groups is 1. The van der Waals surface area contributed by atoms with Gasteiger partial charge in [-0.25, -0.2) is 0 Å². The van der Waals surface area contributed by atoms with Gasteiger partial charge in [0.25, 0.3) is 0 Å². The highest BCUT2D eigenvalue weighted by Crippen LogP contribution is 2.23. The summed E-state index contributed by atoms with van der Waals surface area (Å²) in [6.45, 7) is 6.05. The highest BCUT2D eigenvalue weighted by Gasteiger charge is 2.10. The molecule has 15 heavy (non-hydrogen) atoms. The zero-order valence-electron chi connectivity index (χ0n) is 9.05. The van der Waals surface area contributed by atoms with E-state index in [0.29, 0.717) is 12.3 Å². The van der Waals surface area contributed by atoms with Gasteiger partial charge in [-0.2, -0.15) is 0 Å². The molecule has 0 bridgehead atoms. The molecule has 0 radical (unpaired) electrons. The summed E-state index contributed by atoms with van der Waals surface area (Å²) in [6.07, 6.45) is 0.575. The van der Waals surface area contributed by atoms with Gasteiger partial charge in [0.05, 0.1) is 4.88 Å². The molecule has 0 unspecified atom stereocenters. The van der Waals surface area contributed by atoms with E-state index in [9.17, 15) is 4.79 Å². The lowest BCUT2D eigenvalue weighted by Crippen LogP contribution is -2.22. The van der Waals surface area contributed by atoms with E-state index >= 15 is 0 Å². The monoisotopic (exact) mass is 289 g/mol. The molecule has 2 nitrogen and oxygen atoms in total. The zero-order valence-corrected chi connectivity index (χ0v) is 11.5. The van der Waals surface area contributed by atoms with E-state index in [0.717, 1.165) is 22.4 Å². The molecule has 0 saturated carbocycles. The van der Waals surface area contributed by atoms with E-state index in [-0.39, 0.29) is 5.78 Å². The molecule has 1 heterocycles. The van der Waals surface area contributed by atoms with Crippen LogP contribution < -0.4 is 5.32 Å². The zero-order chi connectivity index (χ0) is 11.3. The van der Waals surface area contributed by atoms with E-state index < -0.39 is 0 Å². The minimum Gasteiger partial charge on any atom is -0.316 e. The SMILES string of the molecule is CC(C)CNCCC(=O)c1sccc1Br. The Kier molecular flexibility index (Phi) is 5.50. The van der Waals surface area contributed by atoms with Gasteiger partial charge in [-0.05, 0) is 39.8 Å². The number of Topliss-reactive ketones (excluding diaryl/α,β-unsaturated/α-hetero) is 1. The van der Waals surface area contributed by atoms with Crippen molar-refractivity contribution in [3.63, 3.8) is 0 Å². The maximum Gasteiger partial charge on any atom is 0.175 e. The highest BCUT2D eigenvalue weighted by atomic mass is 79.9. The average Bonchev–Trinajstić information content (AvgIpc) is 2.58. The van der Waals surface area contributed by atoms with Gasteiger partial charge in [0, 0.05) is 17.4 Å². The van der Waals surface area contributed by atoms with Crippen molar-refractivity contribution < 1.29 is 4.79 Å². The van der Waals surface area contributed by atoms with E-state index in [1.54, 1.807) is 0 Å². The summed E-state index contributed by atoms with van der Waals surface area (Å²) < 4.78 is 0.918. The first kappa shape index (κ1) is 12.9. The fourth-order valence-corrected chi connectivity index (χ4v) is 2.76. The van der Waals surface area contributed by atoms with Gasteiger partial charge in [0.2, 0.25) is 0 Å². The van der Waals surface area contributed by atoms with Crippen LogP contribution in [0.4, 0.5) is 0 Å².